The van der Waals surface area contributed by atoms with Gasteiger partial charge in [-0.15, -0.1) is 10.2 Å². The van der Waals surface area contributed by atoms with E-state index >= 15 is 0 Å². The molecule has 3 aromatic rings. The maximum atomic E-state index is 12.0. The average Bonchev–Trinajstić information content (AvgIpc) is 3.15. The molecular weight excluding hydrogens is 326 g/mol. The fourth-order valence-electron chi connectivity index (χ4n) is 2.47. The molecule has 1 heterocycles. The van der Waals surface area contributed by atoms with Crippen LogP contribution in [-0.4, -0.2) is 36.1 Å². The van der Waals surface area contributed by atoms with Crippen LogP contribution in [0.1, 0.15) is 11.1 Å². The normalized spacial score (nSPS) is 11.5. The highest BCUT2D eigenvalue weighted by Gasteiger charge is 2.17. The van der Waals surface area contributed by atoms with Crippen molar-refractivity contribution in [2.75, 3.05) is 7.05 Å². The molecule has 7 nitrogen and oxygen atoms in total. The van der Waals surface area contributed by atoms with Crippen molar-refractivity contribution < 1.29 is 8.42 Å². The number of nitrogens with zero attached hydrogens (tertiary/aromatic N) is 3. The van der Waals surface area contributed by atoms with Crippen LogP contribution in [0.5, 0.6) is 0 Å². The first kappa shape index (κ1) is 16.3. The van der Waals surface area contributed by atoms with Gasteiger partial charge in [0.2, 0.25) is 15.8 Å². The second-order valence-electron chi connectivity index (χ2n) is 5.25. The highest BCUT2D eigenvalue weighted by Crippen LogP contribution is 2.25. The van der Waals surface area contributed by atoms with E-state index in [2.05, 4.69) is 37.5 Å². The zero-order valence-electron chi connectivity index (χ0n) is 13.1. The summed E-state index contributed by atoms with van der Waals surface area (Å²) >= 11 is 0. The lowest BCUT2D eigenvalue weighted by molar-refractivity contribution is 0.588. The Bertz CT molecular complexity index is 909. The highest BCUT2D eigenvalue weighted by molar-refractivity contribution is 7.89. The molecule has 2 aromatic carbocycles. The SMILES string of the molecule is CNS(=O)(=O)c1ccc(CCc2ccccc2)c(-c2nn[nH]n2)c1. The van der Waals surface area contributed by atoms with Gasteiger partial charge in [0.1, 0.15) is 0 Å². The molecule has 24 heavy (non-hydrogen) atoms. The summed E-state index contributed by atoms with van der Waals surface area (Å²) in [7, 11) is -2.15. The summed E-state index contributed by atoms with van der Waals surface area (Å²) in [6.07, 6.45) is 1.58. The standard InChI is InChI=1S/C16H17N5O2S/c1-17-24(22,23)14-10-9-13(8-7-12-5-3-2-4-6-12)15(11-14)16-18-20-21-19-16/h2-6,9-11,17H,7-8H2,1H3,(H,18,19,20,21). The highest BCUT2D eigenvalue weighted by atomic mass is 32.2. The molecule has 1 aromatic heterocycles. The molecule has 0 saturated heterocycles. The second-order valence-corrected chi connectivity index (χ2v) is 7.13. The van der Waals surface area contributed by atoms with Gasteiger partial charge in [-0.3, -0.25) is 0 Å². The number of hydrogen-bond acceptors (Lipinski definition) is 5. The van der Waals surface area contributed by atoms with Gasteiger partial charge in [-0.1, -0.05) is 36.4 Å². The van der Waals surface area contributed by atoms with Crippen molar-refractivity contribution in [3.63, 3.8) is 0 Å². The topological polar surface area (TPSA) is 101 Å². The van der Waals surface area contributed by atoms with Crippen LogP contribution in [0.15, 0.2) is 53.4 Å². The third kappa shape index (κ3) is 3.50. The van der Waals surface area contributed by atoms with Gasteiger partial charge >= 0.3 is 0 Å². The molecule has 8 heteroatoms. The molecule has 0 aliphatic heterocycles. The van der Waals surface area contributed by atoms with Crippen molar-refractivity contribution in [3.8, 4) is 11.4 Å². The van der Waals surface area contributed by atoms with Gasteiger partial charge in [-0.05, 0) is 48.4 Å². The molecule has 3 rings (SSSR count). The molecule has 2 N–H and O–H groups in total. The number of aromatic amines is 1. The van der Waals surface area contributed by atoms with E-state index in [4.69, 9.17) is 0 Å². The summed E-state index contributed by atoms with van der Waals surface area (Å²) in [6, 6.07) is 15.1. The minimum atomic E-state index is -3.53. The smallest absolute Gasteiger partial charge is 0.214 e. The Morgan fingerprint density at radius 3 is 2.54 bits per heavy atom. The summed E-state index contributed by atoms with van der Waals surface area (Å²) in [4.78, 5) is 0.174. The predicted molar refractivity (Wildman–Crippen MR) is 89.7 cm³/mol. The van der Waals surface area contributed by atoms with Crippen molar-refractivity contribution in [2.24, 2.45) is 0 Å². The van der Waals surface area contributed by atoms with E-state index in [1.54, 1.807) is 18.2 Å². The van der Waals surface area contributed by atoms with Crippen molar-refractivity contribution in [1.82, 2.24) is 25.3 Å². The van der Waals surface area contributed by atoms with Gasteiger partial charge in [-0.2, -0.15) is 5.21 Å². The Morgan fingerprint density at radius 1 is 1.08 bits per heavy atom. The number of tetrazole rings is 1. The largest absolute Gasteiger partial charge is 0.240 e. The van der Waals surface area contributed by atoms with Gasteiger partial charge in [0.25, 0.3) is 0 Å². The number of H-pyrrole nitrogens is 1. The molecule has 0 aliphatic rings. The monoisotopic (exact) mass is 343 g/mol. The van der Waals surface area contributed by atoms with Crippen molar-refractivity contribution in [2.45, 2.75) is 17.7 Å². The van der Waals surface area contributed by atoms with E-state index in [9.17, 15) is 8.42 Å². The third-order valence-corrected chi connectivity index (χ3v) is 5.18. The summed E-state index contributed by atoms with van der Waals surface area (Å²) < 4.78 is 26.4. The van der Waals surface area contributed by atoms with Crippen LogP contribution >= 0.6 is 0 Å². The van der Waals surface area contributed by atoms with Crippen LogP contribution in [0.2, 0.25) is 0 Å². The minimum Gasteiger partial charge on any atom is -0.214 e. The van der Waals surface area contributed by atoms with Crippen LogP contribution in [0.4, 0.5) is 0 Å². The zero-order valence-corrected chi connectivity index (χ0v) is 13.9. The summed E-state index contributed by atoms with van der Waals surface area (Å²) in [5, 5.41) is 14.0. The molecule has 0 saturated carbocycles. The predicted octanol–water partition coefficient (Wildman–Crippen LogP) is 1.56. The molecule has 0 radical (unpaired) electrons. The molecule has 0 unspecified atom stereocenters. The third-order valence-electron chi connectivity index (χ3n) is 3.77. The van der Waals surface area contributed by atoms with Crippen molar-refractivity contribution >= 4 is 10.0 Å². The number of nitrogens with one attached hydrogen (secondary N) is 2. The summed E-state index contributed by atoms with van der Waals surface area (Å²) in [5.41, 5.74) is 2.84. The fraction of sp³-hybridized carbons (Fsp3) is 0.188. The quantitative estimate of drug-likeness (QED) is 0.707. The maximum Gasteiger partial charge on any atom is 0.240 e. The lowest BCUT2D eigenvalue weighted by Crippen LogP contribution is -2.18. The number of benzene rings is 2. The molecule has 0 spiro atoms. The zero-order chi connectivity index (χ0) is 17.0. The van der Waals surface area contributed by atoms with E-state index < -0.39 is 10.0 Å². The minimum absolute atomic E-state index is 0.174. The van der Waals surface area contributed by atoms with Crippen LogP contribution in [0.25, 0.3) is 11.4 Å². The van der Waals surface area contributed by atoms with Gasteiger partial charge in [0.15, 0.2) is 0 Å². The van der Waals surface area contributed by atoms with E-state index in [1.807, 2.05) is 18.2 Å². The Hall–Kier alpha value is -2.58. The van der Waals surface area contributed by atoms with Gasteiger partial charge < -0.3 is 0 Å². The first-order valence-corrected chi connectivity index (χ1v) is 8.92. The number of rotatable bonds is 6. The molecule has 0 fully saturated rings. The lowest BCUT2D eigenvalue weighted by Gasteiger charge is -2.10. The first-order valence-electron chi connectivity index (χ1n) is 7.44. The van der Waals surface area contributed by atoms with E-state index in [1.165, 1.54) is 12.6 Å². The molecule has 124 valence electrons. The van der Waals surface area contributed by atoms with Gasteiger partial charge in [-0.25, -0.2) is 13.1 Å². The number of sulfonamides is 1. The molecule has 0 aliphatic carbocycles. The van der Waals surface area contributed by atoms with E-state index in [-0.39, 0.29) is 4.90 Å². The van der Waals surface area contributed by atoms with Crippen molar-refractivity contribution in [3.05, 3.63) is 59.7 Å². The van der Waals surface area contributed by atoms with Crippen LogP contribution < -0.4 is 4.72 Å². The molecular formula is C16H17N5O2S. The Labute approximate surface area is 140 Å². The van der Waals surface area contributed by atoms with E-state index in [0.29, 0.717) is 11.4 Å². The van der Waals surface area contributed by atoms with Crippen LogP contribution in [0, 0.1) is 0 Å². The second kappa shape index (κ2) is 6.90. The Kier molecular flexibility index (Phi) is 4.68. The summed E-state index contributed by atoms with van der Waals surface area (Å²) in [5.74, 6) is 0.381. The fourth-order valence-corrected chi connectivity index (χ4v) is 3.22. The van der Waals surface area contributed by atoms with Crippen LogP contribution in [-0.2, 0) is 22.9 Å². The molecule has 0 atom stereocenters. The lowest BCUT2D eigenvalue weighted by atomic mass is 9.99. The number of hydrogen-bond donors (Lipinski definition) is 2. The number of aromatic nitrogens is 4. The van der Waals surface area contributed by atoms with Gasteiger partial charge in [0, 0.05) is 5.56 Å². The molecule has 0 amide bonds. The maximum absolute atomic E-state index is 12.0. The van der Waals surface area contributed by atoms with Crippen molar-refractivity contribution in [1.29, 1.82) is 0 Å². The average molecular weight is 343 g/mol. The first-order chi connectivity index (χ1) is 11.6. The molecule has 0 bridgehead atoms. The Balaban J connectivity index is 1.96. The summed E-state index contributed by atoms with van der Waals surface area (Å²) in [6.45, 7) is 0. The van der Waals surface area contributed by atoms with E-state index in [0.717, 1.165) is 18.4 Å². The number of aryl methyl sites for hydroxylation is 2. The van der Waals surface area contributed by atoms with Gasteiger partial charge in [0.05, 0.1) is 4.90 Å². The Morgan fingerprint density at radius 2 is 1.88 bits per heavy atom. The van der Waals surface area contributed by atoms with Crippen LogP contribution in [0.3, 0.4) is 0 Å².